The van der Waals surface area contributed by atoms with Gasteiger partial charge in [-0.05, 0) is 31.4 Å². The van der Waals surface area contributed by atoms with E-state index in [0.29, 0.717) is 27.2 Å². The summed E-state index contributed by atoms with van der Waals surface area (Å²) in [6, 6.07) is 4.93. The fraction of sp³-hybridized carbons (Fsp3) is 0.429. The van der Waals surface area contributed by atoms with Gasteiger partial charge in [0.1, 0.15) is 0 Å². The van der Waals surface area contributed by atoms with Crippen molar-refractivity contribution in [3.05, 3.63) is 28.6 Å². The number of fused-ring (bicyclic) bond motifs is 2. The summed E-state index contributed by atoms with van der Waals surface area (Å²) in [5, 5.41) is 9.82. The van der Waals surface area contributed by atoms with Crippen LogP contribution in [0.4, 0.5) is 0 Å². The predicted octanol–water partition coefficient (Wildman–Crippen LogP) is 2.62. The number of carbonyl (C=O) groups is 1. The van der Waals surface area contributed by atoms with E-state index < -0.39 is 0 Å². The Balaban J connectivity index is 1.39. The van der Waals surface area contributed by atoms with E-state index in [1.807, 2.05) is 17.5 Å². The summed E-state index contributed by atoms with van der Waals surface area (Å²) in [5.74, 6) is -0.00617. The number of amides is 1. The minimum atomic E-state index is -0.00617. The van der Waals surface area contributed by atoms with Crippen LogP contribution in [0, 0.1) is 0 Å². The molecule has 0 saturated carbocycles. The molecule has 21 heavy (non-hydrogen) atoms. The Kier molecular flexibility index (Phi) is 3.40. The number of carbonyl (C=O) groups excluding carboxylic acids is 1. The predicted molar refractivity (Wildman–Crippen MR) is 82.3 cm³/mol. The largest absolute Gasteiger partial charge is 0.420 e. The first-order chi connectivity index (χ1) is 10.3. The van der Waals surface area contributed by atoms with Gasteiger partial charge < -0.3 is 15.4 Å². The van der Waals surface area contributed by atoms with Crippen molar-refractivity contribution in [2.24, 2.45) is 0 Å². The van der Waals surface area contributed by atoms with E-state index >= 15 is 0 Å². The highest BCUT2D eigenvalue weighted by atomic mass is 32.1. The molecule has 2 aliphatic rings. The lowest BCUT2D eigenvalue weighted by Crippen LogP contribution is -2.42. The van der Waals surface area contributed by atoms with E-state index in [1.165, 1.54) is 35.5 Å². The molecule has 2 saturated heterocycles. The minimum Gasteiger partial charge on any atom is -0.420 e. The van der Waals surface area contributed by atoms with E-state index in [2.05, 4.69) is 15.6 Å². The summed E-state index contributed by atoms with van der Waals surface area (Å²) in [7, 11) is 0. The molecule has 0 aromatic carbocycles. The van der Waals surface area contributed by atoms with Crippen molar-refractivity contribution >= 4 is 28.6 Å². The lowest BCUT2D eigenvalue weighted by Gasteiger charge is -2.20. The van der Waals surface area contributed by atoms with Gasteiger partial charge in [-0.1, -0.05) is 22.7 Å². The highest BCUT2D eigenvalue weighted by Gasteiger charge is 2.39. The molecule has 7 heteroatoms. The lowest BCUT2D eigenvalue weighted by molar-refractivity contribution is 0.0935. The molecule has 0 unspecified atom stereocenters. The average Bonchev–Trinajstić information content (AvgIpc) is 3.24. The zero-order valence-electron chi connectivity index (χ0n) is 11.2. The Morgan fingerprint density at radius 3 is 3.10 bits per heavy atom. The standard InChI is InChI=1S/C14H15N3O2S2/c18-13(17-10-7-8-1-2-9(10)16-8)11-3-4-12(21-11)19-14-15-5-6-20-14/h3-6,8-10,16H,1-2,7H2,(H,17,18)/t8-,9+,10-/m1/s1. The van der Waals surface area contributed by atoms with Crippen molar-refractivity contribution in [1.29, 1.82) is 0 Å². The van der Waals surface area contributed by atoms with Gasteiger partial charge in [-0.2, -0.15) is 0 Å². The number of hydrogen-bond donors (Lipinski definition) is 2. The summed E-state index contributed by atoms with van der Waals surface area (Å²) in [6.45, 7) is 0. The summed E-state index contributed by atoms with van der Waals surface area (Å²) in [4.78, 5) is 17.0. The zero-order valence-corrected chi connectivity index (χ0v) is 12.9. The van der Waals surface area contributed by atoms with Crippen molar-refractivity contribution in [3.63, 3.8) is 0 Å². The van der Waals surface area contributed by atoms with Crippen LogP contribution in [0.15, 0.2) is 23.7 Å². The van der Waals surface area contributed by atoms with Gasteiger partial charge >= 0.3 is 0 Å². The molecule has 0 aliphatic carbocycles. The fourth-order valence-electron chi connectivity index (χ4n) is 3.07. The van der Waals surface area contributed by atoms with Crippen LogP contribution < -0.4 is 15.4 Å². The first-order valence-corrected chi connectivity index (χ1v) is 8.71. The van der Waals surface area contributed by atoms with E-state index in [0.717, 1.165) is 6.42 Å². The third-order valence-electron chi connectivity index (χ3n) is 4.02. The van der Waals surface area contributed by atoms with Crippen LogP contribution in [0.5, 0.6) is 10.3 Å². The molecule has 3 atom stereocenters. The topological polar surface area (TPSA) is 63.2 Å². The minimum absolute atomic E-state index is 0.00617. The highest BCUT2D eigenvalue weighted by Crippen LogP contribution is 2.32. The Bertz CT molecular complexity index is 640. The second kappa shape index (κ2) is 5.40. The number of nitrogens with zero attached hydrogens (tertiary/aromatic N) is 1. The molecule has 2 aromatic heterocycles. The number of rotatable bonds is 4. The van der Waals surface area contributed by atoms with E-state index in [1.54, 1.807) is 6.20 Å². The van der Waals surface area contributed by atoms with Crippen LogP contribution in [0.25, 0.3) is 0 Å². The van der Waals surface area contributed by atoms with Crippen molar-refractivity contribution in [2.75, 3.05) is 0 Å². The molecule has 4 heterocycles. The number of aromatic nitrogens is 1. The molecule has 2 bridgehead atoms. The summed E-state index contributed by atoms with van der Waals surface area (Å²) >= 11 is 2.79. The molecule has 2 aromatic rings. The third-order valence-corrected chi connectivity index (χ3v) is 5.63. The number of thiophene rings is 1. The second-order valence-electron chi connectivity index (χ2n) is 5.38. The van der Waals surface area contributed by atoms with Crippen molar-refractivity contribution in [1.82, 2.24) is 15.6 Å². The van der Waals surface area contributed by atoms with Crippen molar-refractivity contribution in [3.8, 4) is 10.3 Å². The monoisotopic (exact) mass is 321 g/mol. The van der Waals surface area contributed by atoms with Gasteiger partial charge in [0.05, 0.1) is 4.88 Å². The molecule has 5 nitrogen and oxygen atoms in total. The Morgan fingerprint density at radius 1 is 1.43 bits per heavy atom. The summed E-state index contributed by atoms with van der Waals surface area (Å²) in [6.07, 6.45) is 5.15. The highest BCUT2D eigenvalue weighted by molar-refractivity contribution is 7.16. The molecule has 110 valence electrons. The zero-order chi connectivity index (χ0) is 14.2. The molecular formula is C14H15N3O2S2. The maximum atomic E-state index is 12.3. The van der Waals surface area contributed by atoms with Crippen LogP contribution in [0.3, 0.4) is 0 Å². The van der Waals surface area contributed by atoms with Gasteiger partial charge in [0.2, 0.25) is 0 Å². The second-order valence-corrected chi connectivity index (χ2v) is 7.29. The smallest absolute Gasteiger partial charge is 0.279 e. The maximum Gasteiger partial charge on any atom is 0.279 e. The lowest BCUT2D eigenvalue weighted by atomic mass is 9.95. The number of hydrogen-bond acceptors (Lipinski definition) is 6. The molecule has 0 radical (unpaired) electrons. The van der Waals surface area contributed by atoms with Crippen LogP contribution in [-0.2, 0) is 0 Å². The van der Waals surface area contributed by atoms with E-state index in [4.69, 9.17) is 4.74 Å². The van der Waals surface area contributed by atoms with E-state index in [-0.39, 0.29) is 11.9 Å². The van der Waals surface area contributed by atoms with Crippen LogP contribution in [-0.4, -0.2) is 29.0 Å². The van der Waals surface area contributed by atoms with Gasteiger partial charge in [-0.3, -0.25) is 4.79 Å². The van der Waals surface area contributed by atoms with Crippen molar-refractivity contribution in [2.45, 2.75) is 37.4 Å². The normalized spacial score (nSPS) is 27.0. The van der Waals surface area contributed by atoms with Crippen LogP contribution in [0.2, 0.25) is 0 Å². The van der Waals surface area contributed by atoms with Crippen molar-refractivity contribution < 1.29 is 9.53 Å². The molecule has 2 fully saturated rings. The average molecular weight is 321 g/mol. The fourth-order valence-corrected chi connectivity index (χ4v) is 4.38. The van der Waals surface area contributed by atoms with Gasteiger partial charge in [0.15, 0.2) is 5.06 Å². The first-order valence-electron chi connectivity index (χ1n) is 7.02. The Morgan fingerprint density at radius 2 is 2.38 bits per heavy atom. The number of thiazole rings is 1. The van der Waals surface area contributed by atoms with Crippen LogP contribution in [0.1, 0.15) is 28.9 Å². The van der Waals surface area contributed by atoms with Gasteiger partial charge in [0, 0.05) is 29.7 Å². The van der Waals surface area contributed by atoms with Gasteiger partial charge in [-0.25, -0.2) is 4.98 Å². The molecule has 4 rings (SSSR count). The summed E-state index contributed by atoms with van der Waals surface area (Å²) in [5.41, 5.74) is 0. The summed E-state index contributed by atoms with van der Waals surface area (Å²) < 4.78 is 5.60. The van der Waals surface area contributed by atoms with E-state index in [9.17, 15) is 4.79 Å². The molecule has 0 spiro atoms. The quantitative estimate of drug-likeness (QED) is 0.909. The molecule has 2 N–H and O–H groups in total. The van der Waals surface area contributed by atoms with Gasteiger partial charge in [0.25, 0.3) is 11.1 Å². The molecule has 2 aliphatic heterocycles. The maximum absolute atomic E-state index is 12.3. The SMILES string of the molecule is O=C(N[C@@H]1C[C@H]2CC[C@@H]1N2)c1ccc(Oc2nccs2)s1. The number of nitrogens with one attached hydrogen (secondary N) is 2. The van der Waals surface area contributed by atoms with Crippen LogP contribution >= 0.6 is 22.7 Å². The van der Waals surface area contributed by atoms with Gasteiger partial charge in [-0.15, -0.1) is 0 Å². The Labute approximate surface area is 130 Å². The number of ether oxygens (including phenoxy) is 1. The molecular weight excluding hydrogens is 306 g/mol. The Hall–Kier alpha value is -1.44. The molecule has 1 amide bonds. The third kappa shape index (κ3) is 2.68. The first kappa shape index (κ1) is 13.2.